The van der Waals surface area contributed by atoms with E-state index >= 15 is 0 Å². The van der Waals surface area contributed by atoms with Crippen molar-refractivity contribution < 1.29 is 14.4 Å². The Hall–Kier alpha value is -1.92. The quantitative estimate of drug-likeness (QED) is 0.646. The summed E-state index contributed by atoms with van der Waals surface area (Å²) in [6, 6.07) is 0. The Bertz CT molecular complexity index is 419. The predicted molar refractivity (Wildman–Crippen MR) is 63.6 cm³/mol. The third-order valence-corrected chi connectivity index (χ3v) is 3.11. The van der Waals surface area contributed by atoms with E-state index < -0.39 is 0 Å². The van der Waals surface area contributed by atoms with Crippen LogP contribution in [0.2, 0.25) is 0 Å². The Kier molecular flexibility index (Phi) is 3.59. The van der Waals surface area contributed by atoms with Crippen LogP contribution in [0.4, 0.5) is 0 Å². The van der Waals surface area contributed by atoms with Crippen LogP contribution in [0, 0.1) is 0 Å². The van der Waals surface area contributed by atoms with Crippen LogP contribution >= 0.6 is 0 Å². The van der Waals surface area contributed by atoms with Gasteiger partial charge in [-0.2, -0.15) is 5.10 Å². The molecule has 98 valence electrons. The first-order valence-corrected chi connectivity index (χ1v) is 5.96. The van der Waals surface area contributed by atoms with Crippen LogP contribution in [0.1, 0.15) is 19.3 Å². The molecule has 2 heterocycles. The van der Waals surface area contributed by atoms with Gasteiger partial charge in [-0.05, 0) is 6.42 Å². The lowest BCUT2D eigenvalue weighted by molar-refractivity contribution is -0.134. The SMILES string of the molecule is CN1CCCN(C(=O)C2=NNC(=O)CC2)CC1=O. The maximum atomic E-state index is 12.1. The first-order chi connectivity index (χ1) is 8.58. The molecule has 0 unspecified atom stereocenters. The van der Waals surface area contributed by atoms with Crippen molar-refractivity contribution >= 4 is 23.4 Å². The van der Waals surface area contributed by atoms with Gasteiger partial charge in [0.1, 0.15) is 12.3 Å². The first kappa shape index (κ1) is 12.5. The molecule has 0 aromatic heterocycles. The van der Waals surface area contributed by atoms with E-state index in [1.165, 1.54) is 4.90 Å². The zero-order valence-electron chi connectivity index (χ0n) is 10.3. The summed E-state index contributed by atoms with van der Waals surface area (Å²) in [6.07, 6.45) is 1.37. The van der Waals surface area contributed by atoms with Crippen molar-refractivity contribution in [1.82, 2.24) is 15.2 Å². The molecule has 2 rings (SSSR count). The zero-order chi connectivity index (χ0) is 13.1. The van der Waals surface area contributed by atoms with Crippen LogP contribution in [0.15, 0.2) is 5.10 Å². The van der Waals surface area contributed by atoms with E-state index in [0.717, 1.165) is 6.42 Å². The molecule has 18 heavy (non-hydrogen) atoms. The molecule has 2 aliphatic rings. The second-order valence-electron chi connectivity index (χ2n) is 4.49. The maximum absolute atomic E-state index is 12.1. The lowest BCUT2D eigenvalue weighted by atomic mass is 10.1. The van der Waals surface area contributed by atoms with E-state index in [2.05, 4.69) is 10.5 Å². The Morgan fingerprint density at radius 1 is 1.28 bits per heavy atom. The molecule has 0 spiro atoms. The van der Waals surface area contributed by atoms with E-state index in [1.807, 2.05) is 0 Å². The van der Waals surface area contributed by atoms with Gasteiger partial charge in [0.15, 0.2) is 0 Å². The summed E-state index contributed by atoms with van der Waals surface area (Å²) in [5.74, 6) is -0.502. The molecule has 0 atom stereocenters. The number of nitrogens with zero attached hydrogens (tertiary/aromatic N) is 3. The van der Waals surface area contributed by atoms with Gasteiger partial charge >= 0.3 is 0 Å². The van der Waals surface area contributed by atoms with E-state index in [-0.39, 0.29) is 30.7 Å². The van der Waals surface area contributed by atoms with Crippen molar-refractivity contribution in [3.63, 3.8) is 0 Å². The first-order valence-electron chi connectivity index (χ1n) is 5.96. The standard InChI is InChI=1S/C11H16N4O3/c1-14-5-2-6-15(7-10(14)17)11(18)8-3-4-9(16)13-12-8/h2-7H2,1H3,(H,13,16). The number of hydrazone groups is 1. The number of hydrogen-bond donors (Lipinski definition) is 1. The fourth-order valence-electron chi connectivity index (χ4n) is 1.97. The van der Waals surface area contributed by atoms with Gasteiger partial charge in [-0.1, -0.05) is 0 Å². The number of hydrogen-bond acceptors (Lipinski definition) is 4. The summed E-state index contributed by atoms with van der Waals surface area (Å²) < 4.78 is 0. The maximum Gasteiger partial charge on any atom is 0.270 e. The zero-order valence-corrected chi connectivity index (χ0v) is 10.3. The highest BCUT2D eigenvalue weighted by molar-refractivity contribution is 6.39. The van der Waals surface area contributed by atoms with Crippen LogP contribution in [-0.2, 0) is 14.4 Å². The molecule has 0 bridgehead atoms. The van der Waals surface area contributed by atoms with Gasteiger partial charge < -0.3 is 9.80 Å². The van der Waals surface area contributed by atoms with Crippen LogP contribution in [0.25, 0.3) is 0 Å². The van der Waals surface area contributed by atoms with Crippen molar-refractivity contribution in [2.24, 2.45) is 5.10 Å². The third kappa shape index (κ3) is 2.66. The minimum atomic E-state index is -0.251. The number of carbonyl (C=O) groups excluding carboxylic acids is 3. The normalized spacial score (nSPS) is 21.3. The fraction of sp³-hybridized carbons (Fsp3) is 0.636. The lowest BCUT2D eigenvalue weighted by Crippen LogP contribution is -2.43. The van der Waals surface area contributed by atoms with Gasteiger partial charge in [0.05, 0.1) is 0 Å². The molecule has 3 amide bonds. The Morgan fingerprint density at radius 3 is 2.72 bits per heavy atom. The average molecular weight is 252 g/mol. The smallest absolute Gasteiger partial charge is 0.270 e. The van der Waals surface area contributed by atoms with Crippen molar-refractivity contribution in [3.8, 4) is 0 Å². The second-order valence-corrected chi connectivity index (χ2v) is 4.49. The minimum Gasteiger partial charge on any atom is -0.344 e. The molecule has 2 aliphatic heterocycles. The topological polar surface area (TPSA) is 82.1 Å². The molecule has 0 aromatic rings. The van der Waals surface area contributed by atoms with Crippen molar-refractivity contribution in [2.45, 2.75) is 19.3 Å². The van der Waals surface area contributed by atoms with Crippen LogP contribution < -0.4 is 5.43 Å². The van der Waals surface area contributed by atoms with Gasteiger partial charge in [-0.3, -0.25) is 14.4 Å². The summed E-state index contributed by atoms with van der Waals surface area (Å²) >= 11 is 0. The molecule has 7 heteroatoms. The van der Waals surface area contributed by atoms with Crippen molar-refractivity contribution in [3.05, 3.63) is 0 Å². The third-order valence-electron chi connectivity index (χ3n) is 3.11. The highest BCUT2D eigenvalue weighted by Gasteiger charge is 2.27. The van der Waals surface area contributed by atoms with E-state index in [4.69, 9.17) is 0 Å². The molecular weight excluding hydrogens is 236 g/mol. The van der Waals surface area contributed by atoms with Crippen LogP contribution in [0.5, 0.6) is 0 Å². The van der Waals surface area contributed by atoms with Gasteiger partial charge in [-0.15, -0.1) is 0 Å². The molecule has 7 nitrogen and oxygen atoms in total. The predicted octanol–water partition coefficient (Wildman–Crippen LogP) is -1.06. The van der Waals surface area contributed by atoms with Crippen LogP contribution in [-0.4, -0.2) is 59.9 Å². The summed E-state index contributed by atoms with van der Waals surface area (Å²) in [4.78, 5) is 37.9. The number of likely N-dealkylation sites (N-methyl/N-ethyl adjacent to an activating group) is 1. The van der Waals surface area contributed by atoms with E-state index in [1.54, 1.807) is 11.9 Å². The second kappa shape index (κ2) is 5.16. The molecular formula is C11H16N4O3. The highest BCUT2D eigenvalue weighted by Crippen LogP contribution is 2.07. The number of rotatable bonds is 1. The molecule has 0 aliphatic carbocycles. The Balaban J connectivity index is 2.04. The fourth-order valence-corrected chi connectivity index (χ4v) is 1.97. The van der Waals surface area contributed by atoms with Gasteiger partial charge in [0.25, 0.3) is 5.91 Å². The molecule has 0 aromatic carbocycles. The van der Waals surface area contributed by atoms with E-state index in [9.17, 15) is 14.4 Å². The molecule has 0 radical (unpaired) electrons. The van der Waals surface area contributed by atoms with Gasteiger partial charge in [0, 0.05) is 33.0 Å². The average Bonchev–Trinajstić information content (AvgIpc) is 2.52. The Labute approximate surface area is 105 Å². The summed E-state index contributed by atoms with van der Waals surface area (Å²) in [6.45, 7) is 1.29. The lowest BCUT2D eigenvalue weighted by Gasteiger charge is -2.21. The Morgan fingerprint density at radius 2 is 2.06 bits per heavy atom. The van der Waals surface area contributed by atoms with E-state index in [0.29, 0.717) is 25.2 Å². The summed E-state index contributed by atoms with van der Waals surface area (Å²) in [7, 11) is 1.73. The molecule has 1 saturated heterocycles. The number of nitrogens with one attached hydrogen (secondary N) is 1. The highest BCUT2D eigenvalue weighted by atomic mass is 16.2. The van der Waals surface area contributed by atoms with Crippen LogP contribution in [0.3, 0.4) is 0 Å². The number of carbonyl (C=O) groups is 3. The van der Waals surface area contributed by atoms with Crippen molar-refractivity contribution in [1.29, 1.82) is 0 Å². The monoisotopic (exact) mass is 252 g/mol. The number of amides is 3. The molecule has 1 fully saturated rings. The van der Waals surface area contributed by atoms with Gasteiger partial charge in [0.2, 0.25) is 11.8 Å². The van der Waals surface area contributed by atoms with Gasteiger partial charge in [-0.25, -0.2) is 5.43 Å². The largest absolute Gasteiger partial charge is 0.344 e. The summed E-state index contributed by atoms with van der Waals surface area (Å²) in [5, 5.41) is 3.76. The summed E-state index contributed by atoms with van der Waals surface area (Å²) in [5.41, 5.74) is 2.62. The van der Waals surface area contributed by atoms with Crippen molar-refractivity contribution in [2.75, 3.05) is 26.7 Å². The minimum absolute atomic E-state index is 0.0682. The molecule has 0 saturated carbocycles. The molecule has 1 N–H and O–H groups in total.